The van der Waals surface area contributed by atoms with Crippen molar-refractivity contribution in [2.24, 2.45) is 5.41 Å². The molecule has 1 heterocycles. The predicted octanol–water partition coefficient (Wildman–Crippen LogP) is 3.02. The predicted molar refractivity (Wildman–Crippen MR) is 84.5 cm³/mol. The molecule has 2 N–H and O–H groups in total. The lowest BCUT2D eigenvalue weighted by molar-refractivity contribution is -0.110. The van der Waals surface area contributed by atoms with Crippen molar-refractivity contribution in [1.29, 1.82) is 0 Å². The van der Waals surface area contributed by atoms with Gasteiger partial charge in [0.15, 0.2) is 0 Å². The Kier molecular flexibility index (Phi) is 4.88. The first-order valence-corrected chi connectivity index (χ1v) is 8.33. The zero-order chi connectivity index (χ0) is 15.6. The molecule has 21 heavy (non-hydrogen) atoms. The van der Waals surface area contributed by atoms with E-state index in [1.54, 1.807) is 11.3 Å². The number of nitrogens with zero attached hydrogens (tertiary/aromatic N) is 1. The van der Waals surface area contributed by atoms with Crippen molar-refractivity contribution < 1.29 is 9.53 Å². The van der Waals surface area contributed by atoms with Gasteiger partial charge >= 0.3 is 6.03 Å². The maximum absolute atomic E-state index is 12.1. The molecule has 1 aliphatic carbocycles. The number of ether oxygens (including phenoxy) is 1. The van der Waals surface area contributed by atoms with Gasteiger partial charge in [-0.05, 0) is 27.2 Å². The Hall–Kier alpha value is -1.14. The summed E-state index contributed by atoms with van der Waals surface area (Å²) in [4.78, 5) is 16.5. The van der Waals surface area contributed by atoms with Gasteiger partial charge in [-0.1, -0.05) is 13.8 Å². The summed E-state index contributed by atoms with van der Waals surface area (Å²) >= 11 is 1.57. The first kappa shape index (κ1) is 16.2. The minimum absolute atomic E-state index is 0.0195. The average molecular weight is 311 g/mol. The SMILES string of the molecule is CCO[C@@H]1C[C@H](NC(=O)N[C@@H](C)c2nc(C)cs2)C1(C)C. The first-order valence-electron chi connectivity index (χ1n) is 7.45. The standard InChI is InChI=1S/C15H25N3O2S/c1-6-20-12-7-11(15(12,4)5)18-14(19)17-10(3)13-16-9(2)8-21-13/h8,10-12H,6-7H2,1-5H3,(H2,17,18,19)/t10-,11-,12+/m0/s1. The highest BCUT2D eigenvalue weighted by molar-refractivity contribution is 7.09. The van der Waals surface area contributed by atoms with Crippen LogP contribution in [-0.2, 0) is 4.74 Å². The highest BCUT2D eigenvalue weighted by atomic mass is 32.1. The van der Waals surface area contributed by atoms with Crippen molar-refractivity contribution in [2.45, 2.75) is 59.2 Å². The number of rotatable bonds is 5. The molecule has 2 amide bonds. The number of aryl methyl sites for hydroxylation is 1. The molecule has 0 aliphatic heterocycles. The molecule has 0 spiro atoms. The van der Waals surface area contributed by atoms with Gasteiger partial charge in [-0.2, -0.15) is 0 Å². The Bertz CT molecular complexity index is 501. The van der Waals surface area contributed by atoms with Gasteiger partial charge in [0.2, 0.25) is 0 Å². The van der Waals surface area contributed by atoms with Crippen LogP contribution >= 0.6 is 11.3 Å². The molecule has 5 nitrogen and oxygen atoms in total. The molecule has 118 valence electrons. The van der Waals surface area contributed by atoms with Gasteiger partial charge in [0.05, 0.1) is 12.1 Å². The molecule has 1 aromatic rings. The number of amides is 2. The molecule has 3 atom stereocenters. The van der Waals surface area contributed by atoms with Crippen LogP contribution < -0.4 is 10.6 Å². The number of nitrogens with one attached hydrogen (secondary N) is 2. The lowest BCUT2D eigenvalue weighted by Gasteiger charge is -2.51. The Balaban J connectivity index is 1.83. The molecule has 0 aromatic carbocycles. The fraction of sp³-hybridized carbons (Fsp3) is 0.733. The maximum atomic E-state index is 12.1. The van der Waals surface area contributed by atoms with E-state index in [0.717, 1.165) is 17.1 Å². The molecule has 0 radical (unpaired) electrons. The third-order valence-electron chi connectivity index (χ3n) is 4.21. The highest BCUT2D eigenvalue weighted by Gasteiger charge is 2.49. The lowest BCUT2D eigenvalue weighted by Crippen LogP contribution is -2.63. The van der Waals surface area contributed by atoms with E-state index in [-0.39, 0.29) is 29.6 Å². The van der Waals surface area contributed by atoms with Crippen molar-refractivity contribution in [3.63, 3.8) is 0 Å². The largest absolute Gasteiger partial charge is 0.378 e. The summed E-state index contributed by atoms with van der Waals surface area (Å²) in [5.74, 6) is 0. The van der Waals surface area contributed by atoms with Crippen LogP contribution in [0.2, 0.25) is 0 Å². The van der Waals surface area contributed by atoms with Crippen LogP contribution in [0.4, 0.5) is 4.79 Å². The number of aromatic nitrogens is 1. The molecule has 0 saturated heterocycles. The van der Waals surface area contributed by atoms with E-state index in [9.17, 15) is 4.79 Å². The van der Waals surface area contributed by atoms with Crippen LogP contribution in [0.25, 0.3) is 0 Å². The normalized spacial score (nSPS) is 25.0. The van der Waals surface area contributed by atoms with Gasteiger partial charge in [0.1, 0.15) is 5.01 Å². The lowest BCUT2D eigenvalue weighted by atomic mass is 9.64. The molecular formula is C15H25N3O2S. The van der Waals surface area contributed by atoms with Crippen LogP contribution in [0.5, 0.6) is 0 Å². The van der Waals surface area contributed by atoms with E-state index in [4.69, 9.17) is 4.74 Å². The van der Waals surface area contributed by atoms with Crippen molar-refractivity contribution >= 4 is 17.4 Å². The zero-order valence-electron chi connectivity index (χ0n) is 13.4. The number of carbonyl (C=O) groups is 1. The minimum atomic E-state index is -0.136. The van der Waals surface area contributed by atoms with Crippen LogP contribution in [0.15, 0.2) is 5.38 Å². The zero-order valence-corrected chi connectivity index (χ0v) is 14.2. The molecule has 0 unspecified atom stereocenters. The number of thiazole rings is 1. The number of urea groups is 1. The summed E-state index contributed by atoms with van der Waals surface area (Å²) in [6.45, 7) is 10.9. The summed E-state index contributed by atoms with van der Waals surface area (Å²) in [5, 5.41) is 8.93. The highest BCUT2D eigenvalue weighted by Crippen LogP contribution is 2.42. The molecule has 1 aliphatic rings. The molecular weight excluding hydrogens is 286 g/mol. The number of carbonyl (C=O) groups excluding carboxylic acids is 1. The molecule has 6 heteroatoms. The fourth-order valence-electron chi connectivity index (χ4n) is 2.64. The first-order chi connectivity index (χ1) is 9.84. The molecule has 1 aromatic heterocycles. The van der Waals surface area contributed by atoms with Gasteiger partial charge in [0, 0.05) is 29.1 Å². The van der Waals surface area contributed by atoms with E-state index in [0.29, 0.717) is 6.61 Å². The maximum Gasteiger partial charge on any atom is 0.315 e. The van der Waals surface area contributed by atoms with E-state index >= 15 is 0 Å². The number of hydrogen-bond donors (Lipinski definition) is 2. The Morgan fingerprint density at radius 3 is 2.86 bits per heavy atom. The summed E-state index contributed by atoms with van der Waals surface area (Å²) in [6, 6.07) is -0.0581. The number of hydrogen-bond acceptors (Lipinski definition) is 4. The van der Waals surface area contributed by atoms with Crippen molar-refractivity contribution in [1.82, 2.24) is 15.6 Å². The van der Waals surface area contributed by atoms with Gasteiger partial charge < -0.3 is 15.4 Å². The topological polar surface area (TPSA) is 63.2 Å². The van der Waals surface area contributed by atoms with E-state index in [2.05, 4.69) is 29.5 Å². The monoisotopic (exact) mass is 311 g/mol. The summed E-state index contributed by atoms with van der Waals surface area (Å²) in [5.41, 5.74) is 0.970. The van der Waals surface area contributed by atoms with Gasteiger partial charge in [-0.3, -0.25) is 0 Å². The molecule has 1 saturated carbocycles. The Labute approximate surface area is 130 Å². The minimum Gasteiger partial charge on any atom is -0.378 e. The Morgan fingerprint density at radius 1 is 1.62 bits per heavy atom. The summed E-state index contributed by atoms with van der Waals surface area (Å²) < 4.78 is 5.68. The van der Waals surface area contributed by atoms with Gasteiger partial charge in [-0.25, -0.2) is 9.78 Å². The van der Waals surface area contributed by atoms with E-state index in [1.807, 2.05) is 26.2 Å². The third-order valence-corrected chi connectivity index (χ3v) is 5.35. The quantitative estimate of drug-likeness (QED) is 0.878. The van der Waals surface area contributed by atoms with Gasteiger partial charge in [-0.15, -0.1) is 11.3 Å². The van der Waals surface area contributed by atoms with Crippen LogP contribution in [-0.4, -0.2) is 29.8 Å². The van der Waals surface area contributed by atoms with Crippen molar-refractivity contribution in [3.05, 3.63) is 16.1 Å². The fourth-order valence-corrected chi connectivity index (χ4v) is 3.45. The van der Waals surface area contributed by atoms with Gasteiger partial charge in [0.25, 0.3) is 0 Å². The second-order valence-corrected chi connectivity index (χ2v) is 7.11. The second-order valence-electron chi connectivity index (χ2n) is 6.22. The van der Waals surface area contributed by atoms with E-state index in [1.165, 1.54) is 0 Å². The van der Waals surface area contributed by atoms with Crippen molar-refractivity contribution in [2.75, 3.05) is 6.61 Å². The van der Waals surface area contributed by atoms with Crippen LogP contribution in [0, 0.1) is 12.3 Å². The summed E-state index contributed by atoms with van der Waals surface area (Å²) in [6.07, 6.45) is 1.10. The molecule has 2 rings (SSSR count). The molecule has 1 fully saturated rings. The molecule has 0 bridgehead atoms. The second kappa shape index (κ2) is 6.32. The Morgan fingerprint density at radius 2 is 2.33 bits per heavy atom. The third kappa shape index (κ3) is 3.55. The summed E-state index contributed by atoms with van der Waals surface area (Å²) in [7, 11) is 0. The van der Waals surface area contributed by atoms with Crippen LogP contribution in [0.3, 0.4) is 0 Å². The smallest absolute Gasteiger partial charge is 0.315 e. The average Bonchev–Trinajstić information content (AvgIpc) is 2.84. The van der Waals surface area contributed by atoms with Crippen LogP contribution in [0.1, 0.15) is 50.9 Å². The van der Waals surface area contributed by atoms with E-state index < -0.39 is 0 Å². The van der Waals surface area contributed by atoms with Crippen molar-refractivity contribution in [3.8, 4) is 0 Å².